The van der Waals surface area contributed by atoms with Gasteiger partial charge in [-0.1, -0.05) is 37.3 Å². The molecule has 0 saturated heterocycles. The van der Waals surface area contributed by atoms with Crippen LogP contribution < -0.4 is 4.74 Å². The van der Waals surface area contributed by atoms with Gasteiger partial charge >= 0.3 is 0 Å². The average molecular weight is 313 g/mol. The largest absolute Gasteiger partial charge is 0.480 e. The number of nitrogens with zero attached hydrogens (tertiary/aromatic N) is 1. The van der Waals surface area contributed by atoms with Gasteiger partial charge in [-0.15, -0.1) is 0 Å². The van der Waals surface area contributed by atoms with Crippen molar-refractivity contribution in [3.63, 3.8) is 0 Å². The van der Waals surface area contributed by atoms with Crippen LogP contribution >= 0.6 is 0 Å². The molecule has 0 bridgehead atoms. The Labute approximate surface area is 133 Å². The van der Waals surface area contributed by atoms with E-state index in [1.807, 2.05) is 6.92 Å². The van der Waals surface area contributed by atoms with Crippen molar-refractivity contribution in [1.82, 2.24) is 4.90 Å². The second-order valence-corrected chi connectivity index (χ2v) is 5.33. The minimum Gasteiger partial charge on any atom is -0.480 e. The van der Waals surface area contributed by atoms with E-state index >= 15 is 0 Å². The summed E-state index contributed by atoms with van der Waals surface area (Å²) < 4.78 is 19.6. The zero-order valence-corrected chi connectivity index (χ0v) is 12.7. The third kappa shape index (κ3) is 2.82. The van der Waals surface area contributed by atoms with E-state index in [4.69, 9.17) is 4.74 Å². The predicted octanol–water partition coefficient (Wildman–Crippen LogP) is 3.17. The molecule has 1 atom stereocenters. The van der Waals surface area contributed by atoms with E-state index in [1.165, 1.54) is 6.07 Å². The molecule has 2 aromatic carbocycles. The standard InChI is InChI=1S/C18H16FNO3/c1-2-15-18(22)20(11-12-7-3-5-9-14(12)19)17(21)13-8-4-6-10-16(13)23-15/h3-10,15H,2,11H2,1H3/t15-/m1/s1. The topological polar surface area (TPSA) is 46.6 Å². The van der Waals surface area contributed by atoms with Crippen LogP contribution in [0.15, 0.2) is 48.5 Å². The van der Waals surface area contributed by atoms with Gasteiger partial charge in [-0.25, -0.2) is 4.39 Å². The SMILES string of the molecule is CC[C@H]1Oc2ccccc2C(=O)N(Cc2ccccc2F)C1=O. The third-order valence-electron chi connectivity index (χ3n) is 3.83. The summed E-state index contributed by atoms with van der Waals surface area (Å²) in [6.07, 6.45) is -0.330. The molecule has 5 heteroatoms. The van der Waals surface area contributed by atoms with Crippen molar-refractivity contribution in [2.24, 2.45) is 0 Å². The second kappa shape index (κ2) is 6.20. The highest BCUT2D eigenvalue weighted by Crippen LogP contribution is 2.27. The molecule has 0 fully saturated rings. The first-order chi connectivity index (χ1) is 11.1. The van der Waals surface area contributed by atoms with Crippen molar-refractivity contribution in [1.29, 1.82) is 0 Å². The van der Waals surface area contributed by atoms with Crippen LogP contribution in [-0.4, -0.2) is 22.8 Å². The van der Waals surface area contributed by atoms with E-state index < -0.39 is 23.7 Å². The monoisotopic (exact) mass is 313 g/mol. The van der Waals surface area contributed by atoms with Gasteiger partial charge < -0.3 is 4.74 Å². The number of ether oxygens (including phenoxy) is 1. The van der Waals surface area contributed by atoms with Crippen molar-refractivity contribution < 1.29 is 18.7 Å². The molecule has 0 spiro atoms. The summed E-state index contributed by atoms with van der Waals surface area (Å²) in [6, 6.07) is 12.8. The molecule has 23 heavy (non-hydrogen) atoms. The van der Waals surface area contributed by atoms with Crippen molar-refractivity contribution in [2.45, 2.75) is 26.0 Å². The molecule has 0 N–H and O–H groups in total. The molecule has 0 aromatic heterocycles. The first-order valence-electron chi connectivity index (χ1n) is 7.46. The minimum absolute atomic E-state index is 0.113. The van der Waals surface area contributed by atoms with Gasteiger partial charge in [0.1, 0.15) is 11.6 Å². The highest BCUT2D eigenvalue weighted by atomic mass is 19.1. The Hall–Kier alpha value is -2.69. The minimum atomic E-state index is -0.755. The average Bonchev–Trinajstić information content (AvgIpc) is 2.67. The lowest BCUT2D eigenvalue weighted by atomic mass is 10.1. The number of halogens is 1. The molecule has 1 heterocycles. The van der Waals surface area contributed by atoms with Crippen molar-refractivity contribution in [3.05, 3.63) is 65.5 Å². The Kier molecular flexibility index (Phi) is 4.10. The van der Waals surface area contributed by atoms with Gasteiger partial charge in [0.15, 0.2) is 6.10 Å². The van der Waals surface area contributed by atoms with E-state index in [0.29, 0.717) is 23.3 Å². The highest BCUT2D eigenvalue weighted by Gasteiger charge is 2.35. The molecular weight excluding hydrogens is 297 g/mol. The quantitative estimate of drug-likeness (QED) is 0.818. The molecule has 2 amide bonds. The number of para-hydroxylation sites is 1. The molecule has 1 aliphatic rings. The summed E-state index contributed by atoms with van der Waals surface area (Å²) >= 11 is 0. The van der Waals surface area contributed by atoms with E-state index in [9.17, 15) is 14.0 Å². The first-order valence-corrected chi connectivity index (χ1v) is 7.46. The Bertz CT molecular complexity index is 759. The smallest absolute Gasteiger partial charge is 0.270 e. The van der Waals surface area contributed by atoms with Crippen LogP contribution in [0.5, 0.6) is 5.75 Å². The van der Waals surface area contributed by atoms with Gasteiger partial charge in [0.2, 0.25) is 0 Å². The zero-order chi connectivity index (χ0) is 16.4. The number of hydrogen-bond acceptors (Lipinski definition) is 3. The molecule has 3 rings (SSSR count). The van der Waals surface area contributed by atoms with Gasteiger partial charge in [0.05, 0.1) is 12.1 Å². The lowest BCUT2D eigenvalue weighted by Crippen LogP contribution is -2.42. The lowest BCUT2D eigenvalue weighted by Gasteiger charge is -2.21. The fourth-order valence-corrected chi connectivity index (χ4v) is 2.57. The summed E-state index contributed by atoms with van der Waals surface area (Å²) in [6.45, 7) is 1.70. The number of rotatable bonds is 3. The Morgan fingerprint density at radius 2 is 1.78 bits per heavy atom. The van der Waals surface area contributed by atoms with Gasteiger partial charge in [0, 0.05) is 5.56 Å². The molecule has 0 radical (unpaired) electrons. The van der Waals surface area contributed by atoms with Crippen molar-refractivity contribution >= 4 is 11.8 Å². The van der Waals surface area contributed by atoms with E-state index in [2.05, 4.69) is 0 Å². The first kappa shape index (κ1) is 15.2. The Balaban J connectivity index is 2.02. The fourth-order valence-electron chi connectivity index (χ4n) is 2.57. The third-order valence-corrected chi connectivity index (χ3v) is 3.83. The van der Waals surface area contributed by atoms with Crippen LogP contribution in [0.25, 0.3) is 0 Å². The summed E-state index contributed by atoms with van der Waals surface area (Å²) in [4.78, 5) is 26.4. The Morgan fingerprint density at radius 1 is 1.09 bits per heavy atom. The number of imide groups is 1. The zero-order valence-electron chi connectivity index (χ0n) is 12.7. The van der Waals surface area contributed by atoms with Crippen LogP contribution in [-0.2, 0) is 11.3 Å². The Morgan fingerprint density at radius 3 is 2.52 bits per heavy atom. The number of benzene rings is 2. The molecular formula is C18H16FNO3. The maximum Gasteiger partial charge on any atom is 0.270 e. The number of carbonyl (C=O) groups is 2. The number of amides is 2. The van der Waals surface area contributed by atoms with Crippen molar-refractivity contribution in [2.75, 3.05) is 0 Å². The maximum absolute atomic E-state index is 13.9. The predicted molar refractivity (Wildman–Crippen MR) is 82.4 cm³/mol. The molecule has 0 unspecified atom stereocenters. The maximum atomic E-state index is 13.9. The summed E-state index contributed by atoms with van der Waals surface area (Å²) in [7, 11) is 0. The number of fused-ring (bicyclic) bond motifs is 1. The molecule has 118 valence electrons. The molecule has 1 aliphatic heterocycles. The summed E-state index contributed by atoms with van der Waals surface area (Å²) in [5.74, 6) is -0.977. The lowest BCUT2D eigenvalue weighted by molar-refractivity contribution is -0.136. The molecule has 0 saturated carbocycles. The van der Waals surface area contributed by atoms with Gasteiger partial charge in [-0.05, 0) is 24.6 Å². The normalized spacial score (nSPS) is 17.5. The number of hydrogen-bond donors (Lipinski definition) is 0. The molecule has 2 aromatic rings. The van der Waals surface area contributed by atoms with Crippen molar-refractivity contribution in [3.8, 4) is 5.75 Å². The van der Waals surface area contributed by atoms with E-state index in [-0.39, 0.29) is 6.54 Å². The van der Waals surface area contributed by atoms with E-state index in [1.54, 1.807) is 42.5 Å². The fraction of sp³-hybridized carbons (Fsp3) is 0.222. The van der Waals surface area contributed by atoms with Crippen LogP contribution in [0.4, 0.5) is 4.39 Å². The van der Waals surface area contributed by atoms with Crippen LogP contribution in [0.1, 0.15) is 29.3 Å². The van der Waals surface area contributed by atoms with Crippen LogP contribution in [0, 0.1) is 5.82 Å². The van der Waals surface area contributed by atoms with Gasteiger partial charge in [0.25, 0.3) is 11.8 Å². The second-order valence-electron chi connectivity index (χ2n) is 5.33. The highest BCUT2D eigenvalue weighted by molar-refractivity contribution is 6.08. The van der Waals surface area contributed by atoms with Gasteiger partial charge in [-0.3, -0.25) is 14.5 Å². The summed E-state index contributed by atoms with van der Waals surface area (Å²) in [5, 5.41) is 0. The van der Waals surface area contributed by atoms with Crippen LogP contribution in [0.3, 0.4) is 0 Å². The van der Waals surface area contributed by atoms with E-state index in [0.717, 1.165) is 4.90 Å². The summed E-state index contributed by atoms with van der Waals surface area (Å²) in [5.41, 5.74) is 0.608. The molecule has 4 nitrogen and oxygen atoms in total. The molecule has 0 aliphatic carbocycles. The number of carbonyl (C=O) groups excluding carboxylic acids is 2. The van der Waals surface area contributed by atoms with Gasteiger partial charge in [-0.2, -0.15) is 0 Å². The van der Waals surface area contributed by atoms with Crippen LogP contribution in [0.2, 0.25) is 0 Å².